The number of carbonyl (C=O) groups is 3. The third-order valence-electron chi connectivity index (χ3n) is 4.29. The van der Waals surface area contributed by atoms with E-state index in [1.54, 1.807) is 20.8 Å². The highest BCUT2D eigenvalue weighted by atomic mass is 16.6. The van der Waals surface area contributed by atoms with Crippen LogP contribution in [0.5, 0.6) is 0 Å². The van der Waals surface area contributed by atoms with Crippen LogP contribution >= 0.6 is 0 Å². The lowest BCUT2D eigenvalue weighted by Gasteiger charge is -2.27. The summed E-state index contributed by atoms with van der Waals surface area (Å²) < 4.78 is 5.06. The second-order valence-electron chi connectivity index (χ2n) is 7.65. The normalized spacial score (nSPS) is 19.5. The third-order valence-corrected chi connectivity index (χ3v) is 4.29. The molecule has 0 aromatic carbocycles. The Labute approximate surface area is 148 Å². The van der Waals surface area contributed by atoms with Crippen LogP contribution in [0.3, 0.4) is 0 Å². The fraction of sp³-hybridized carbons (Fsp3) is 0.824. The zero-order valence-corrected chi connectivity index (χ0v) is 15.3. The molecule has 0 bridgehead atoms. The van der Waals surface area contributed by atoms with Gasteiger partial charge in [-0.1, -0.05) is 25.7 Å². The monoisotopic (exact) mass is 358 g/mol. The molecule has 2 rings (SSSR count). The molecular weight excluding hydrogens is 328 g/mol. The number of hydrogen-bond donors (Lipinski definition) is 4. The van der Waals surface area contributed by atoms with Gasteiger partial charge in [-0.2, -0.15) is 0 Å². The van der Waals surface area contributed by atoms with Gasteiger partial charge in [-0.05, 0) is 46.5 Å². The van der Waals surface area contributed by atoms with Gasteiger partial charge < -0.3 is 25.6 Å². The van der Waals surface area contributed by atoms with Gasteiger partial charge in [0.2, 0.25) is 0 Å². The SMILES string of the molecule is CC(C)(C)OC(=O)NC1(C(=O)O)CCCC1.O=C(O)NC1CCCC1. The van der Waals surface area contributed by atoms with Gasteiger partial charge in [0.1, 0.15) is 11.1 Å². The molecule has 2 aliphatic rings. The molecule has 0 aromatic rings. The predicted molar refractivity (Wildman–Crippen MR) is 91.6 cm³/mol. The lowest BCUT2D eigenvalue weighted by Crippen LogP contribution is -2.53. The number of carbonyl (C=O) groups excluding carboxylic acids is 1. The molecule has 0 aromatic heterocycles. The third kappa shape index (κ3) is 7.62. The zero-order chi connectivity index (χ0) is 19.1. The van der Waals surface area contributed by atoms with Crippen LogP contribution < -0.4 is 10.6 Å². The minimum Gasteiger partial charge on any atom is -0.480 e. The second-order valence-corrected chi connectivity index (χ2v) is 7.65. The van der Waals surface area contributed by atoms with E-state index in [1.165, 1.54) is 12.8 Å². The van der Waals surface area contributed by atoms with Crippen molar-refractivity contribution in [2.24, 2.45) is 0 Å². The molecule has 144 valence electrons. The van der Waals surface area contributed by atoms with Gasteiger partial charge in [0, 0.05) is 6.04 Å². The van der Waals surface area contributed by atoms with Crippen LogP contribution in [0.25, 0.3) is 0 Å². The number of amides is 2. The highest BCUT2D eigenvalue weighted by Gasteiger charge is 2.43. The fourth-order valence-corrected chi connectivity index (χ4v) is 3.11. The van der Waals surface area contributed by atoms with E-state index in [9.17, 15) is 14.4 Å². The summed E-state index contributed by atoms with van der Waals surface area (Å²) in [6.07, 6.45) is 5.43. The first-order valence-electron chi connectivity index (χ1n) is 8.78. The van der Waals surface area contributed by atoms with Gasteiger partial charge in [0.15, 0.2) is 0 Å². The molecule has 0 radical (unpaired) electrons. The average molecular weight is 358 g/mol. The van der Waals surface area contributed by atoms with Crippen molar-refractivity contribution in [3.63, 3.8) is 0 Å². The number of carboxylic acids is 1. The molecular formula is C17H30N2O6. The summed E-state index contributed by atoms with van der Waals surface area (Å²) in [4.78, 5) is 32.7. The van der Waals surface area contributed by atoms with Crippen LogP contribution in [0, 0.1) is 0 Å². The number of aliphatic carboxylic acids is 1. The summed E-state index contributed by atoms with van der Waals surface area (Å²) in [5, 5.41) is 22.3. The van der Waals surface area contributed by atoms with E-state index in [2.05, 4.69) is 10.6 Å². The molecule has 0 aliphatic heterocycles. The van der Waals surface area contributed by atoms with Gasteiger partial charge in [-0.25, -0.2) is 14.4 Å². The Morgan fingerprint density at radius 2 is 1.52 bits per heavy atom. The average Bonchev–Trinajstić information content (AvgIpc) is 3.08. The molecule has 2 amide bonds. The van der Waals surface area contributed by atoms with E-state index in [-0.39, 0.29) is 6.04 Å². The maximum Gasteiger partial charge on any atom is 0.408 e. The van der Waals surface area contributed by atoms with Gasteiger partial charge in [-0.15, -0.1) is 0 Å². The van der Waals surface area contributed by atoms with Gasteiger partial charge in [0.05, 0.1) is 0 Å². The van der Waals surface area contributed by atoms with E-state index < -0.39 is 29.3 Å². The Balaban J connectivity index is 0.000000293. The Kier molecular flexibility index (Phi) is 7.51. The largest absolute Gasteiger partial charge is 0.480 e. The number of rotatable bonds is 3. The van der Waals surface area contributed by atoms with Crippen LogP contribution in [-0.4, -0.2) is 45.6 Å². The Morgan fingerprint density at radius 1 is 1.00 bits per heavy atom. The predicted octanol–water partition coefficient (Wildman–Crippen LogP) is 3.11. The Bertz CT molecular complexity index is 474. The number of carboxylic acid groups (broad SMARTS) is 2. The molecule has 0 unspecified atom stereocenters. The topological polar surface area (TPSA) is 125 Å². The van der Waals surface area contributed by atoms with E-state index >= 15 is 0 Å². The fourth-order valence-electron chi connectivity index (χ4n) is 3.11. The minimum atomic E-state index is -1.12. The molecule has 2 saturated carbocycles. The number of hydrogen-bond acceptors (Lipinski definition) is 4. The number of alkyl carbamates (subject to hydrolysis) is 1. The first-order chi connectivity index (χ1) is 11.5. The van der Waals surface area contributed by atoms with Crippen molar-refractivity contribution in [3.8, 4) is 0 Å². The minimum absolute atomic E-state index is 0.238. The molecule has 8 heteroatoms. The first-order valence-corrected chi connectivity index (χ1v) is 8.78. The van der Waals surface area contributed by atoms with Crippen molar-refractivity contribution in [2.75, 3.05) is 0 Å². The Morgan fingerprint density at radius 3 is 1.92 bits per heavy atom. The number of nitrogens with one attached hydrogen (secondary N) is 2. The van der Waals surface area contributed by atoms with Crippen molar-refractivity contribution in [1.29, 1.82) is 0 Å². The van der Waals surface area contributed by atoms with E-state index in [0.29, 0.717) is 12.8 Å². The smallest absolute Gasteiger partial charge is 0.408 e. The van der Waals surface area contributed by atoms with Gasteiger partial charge >= 0.3 is 18.2 Å². The molecule has 4 N–H and O–H groups in total. The van der Waals surface area contributed by atoms with Crippen molar-refractivity contribution in [1.82, 2.24) is 10.6 Å². The van der Waals surface area contributed by atoms with E-state index in [4.69, 9.17) is 14.9 Å². The molecule has 0 saturated heterocycles. The molecule has 8 nitrogen and oxygen atoms in total. The van der Waals surface area contributed by atoms with Crippen molar-refractivity contribution in [3.05, 3.63) is 0 Å². The summed E-state index contributed by atoms with van der Waals surface area (Å²) in [7, 11) is 0. The van der Waals surface area contributed by atoms with Crippen molar-refractivity contribution >= 4 is 18.2 Å². The quantitative estimate of drug-likeness (QED) is 0.614. The maximum absolute atomic E-state index is 11.5. The second kappa shape index (κ2) is 8.92. The molecule has 25 heavy (non-hydrogen) atoms. The van der Waals surface area contributed by atoms with Crippen LogP contribution in [0.2, 0.25) is 0 Å². The lowest BCUT2D eigenvalue weighted by molar-refractivity contribution is -0.144. The van der Waals surface area contributed by atoms with Crippen molar-refractivity contribution in [2.45, 2.75) is 89.3 Å². The van der Waals surface area contributed by atoms with E-state index in [0.717, 1.165) is 25.7 Å². The lowest BCUT2D eigenvalue weighted by atomic mass is 9.98. The first kappa shape index (κ1) is 21.1. The summed E-state index contributed by atoms with van der Waals surface area (Å²) in [5.74, 6) is -0.976. The van der Waals surface area contributed by atoms with Gasteiger partial charge in [-0.3, -0.25) is 0 Å². The Hall–Kier alpha value is -1.99. The highest BCUT2D eigenvalue weighted by molar-refractivity contribution is 5.84. The molecule has 2 fully saturated rings. The van der Waals surface area contributed by atoms with E-state index in [1.807, 2.05) is 0 Å². The summed E-state index contributed by atoms with van der Waals surface area (Å²) >= 11 is 0. The highest BCUT2D eigenvalue weighted by Crippen LogP contribution is 2.30. The zero-order valence-electron chi connectivity index (χ0n) is 15.3. The van der Waals surface area contributed by atoms with Crippen molar-refractivity contribution < 1.29 is 29.3 Å². The summed E-state index contributed by atoms with van der Waals surface area (Å²) in [5.41, 5.74) is -1.73. The summed E-state index contributed by atoms with van der Waals surface area (Å²) in [6, 6.07) is 0.238. The molecule has 0 spiro atoms. The van der Waals surface area contributed by atoms with Crippen LogP contribution in [0.4, 0.5) is 9.59 Å². The van der Waals surface area contributed by atoms with Crippen LogP contribution in [-0.2, 0) is 9.53 Å². The van der Waals surface area contributed by atoms with Crippen LogP contribution in [0.15, 0.2) is 0 Å². The standard InChI is InChI=1S/C11H19NO4.C6H11NO2/c1-10(2,3)16-9(15)12-11(8(13)14)6-4-5-7-11;8-6(9)7-5-3-1-2-4-5/h4-7H2,1-3H3,(H,12,15)(H,13,14);5,7H,1-4H2,(H,8,9). The molecule has 0 atom stereocenters. The molecule has 0 heterocycles. The van der Waals surface area contributed by atoms with Crippen LogP contribution in [0.1, 0.15) is 72.1 Å². The number of ether oxygens (including phenoxy) is 1. The maximum atomic E-state index is 11.5. The molecule has 2 aliphatic carbocycles. The summed E-state index contributed by atoms with van der Waals surface area (Å²) in [6.45, 7) is 5.23. The van der Waals surface area contributed by atoms with Gasteiger partial charge in [0.25, 0.3) is 0 Å².